The molecule has 0 aromatic carbocycles. The molecule has 0 radical (unpaired) electrons. The number of nitrogens with zero attached hydrogens (tertiary/aromatic N) is 2. The first kappa shape index (κ1) is 12.8. The van der Waals surface area contributed by atoms with E-state index < -0.39 is 0 Å². The molecule has 1 aliphatic rings. The normalized spacial score (nSPS) is 23.1. The second-order valence-electron chi connectivity index (χ2n) is 4.78. The van der Waals surface area contributed by atoms with Gasteiger partial charge in [0.15, 0.2) is 0 Å². The highest BCUT2D eigenvalue weighted by molar-refractivity contribution is 5.99. The maximum atomic E-state index is 7.64. The summed E-state index contributed by atoms with van der Waals surface area (Å²) in [4.78, 5) is 6.61. The number of aryl methyl sites for hydroxylation is 1. The van der Waals surface area contributed by atoms with Crippen molar-refractivity contribution < 1.29 is 4.74 Å². The Hall–Kier alpha value is -1.62. The summed E-state index contributed by atoms with van der Waals surface area (Å²) in [7, 11) is 1.99. The second-order valence-corrected chi connectivity index (χ2v) is 4.78. The van der Waals surface area contributed by atoms with Gasteiger partial charge < -0.3 is 15.4 Å². The lowest BCUT2D eigenvalue weighted by molar-refractivity contribution is 0.118. The zero-order chi connectivity index (χ0) is 13.3. The maximum Gasteiger partial charge on any atom is 0.139 e. The summed E-state index contributed by atoms with van der Waals surface area (Å²) in [6, 6.07) is 4.02. The molecule has 2 rings (SSSR count). The first-order valence-electron chi connectivity index (χ1n) is 6.17. The summed E-state index contributed by atoms with van der Waals surface area (Å²) in [5.74, 6) is 0.820. The van der Waals surface area contributed by atoms with E-state index in [2.05, 4.69) is 16.8 Å². The summed E-state index contributed by atoms with van der Waals surface area (Å²) in [6.45, 7) is 4.78. The Bertz CT molecular complexity index is 460. The molecule has 18 heavy (non-hydrogen) atoms. The van der Waals surface area contributed by atoms with E-state index in [-0.39, 0.29) is 18.0 Å². The van der Waals surface area contributed by atoms with Gasteiger partial charge in [-0.3, -0.25) is 5.41 Å². The van der Waals surface area contributed by atoms with Gasteiger partial charge in [-0.05, 0) is 32.4 Å². The number of aromatic nitrogens is 1. The van der Waals surface area contributed by atoms with Crippen LogP contribution in [0.5, 0.6) is 0 Å². The van der Waals surface area contributed by atoms with Gasteiger partial charge in [-0.2, -0.15) is 0 Å². The van der Waals surface area contributed by atoms with Crippen molar-refractivity contribution in [3.63, 3.8) is 0 Å². The minimum atomic E-state index is 0.0518. The third-order valence-electron chi connectivity index (χ3n) is 3.47. The third kappa shape index (κ3) is 2.31. The van der Waals surface area contributed by atoms with Crippen LogP contribution in [-0.2, 0) is 4.74 Å². The number of ether oxygens (including phenoxy) is 1. The fraction of sp³-hybridized carbons (Fsp3) is 0.538. The highest BCUT2D eigenvalue weighted by atomic mass is 16.5. The van der Waals surface area contributed by atoms with Gasteiger partial charge in [0, 0.05) is 19.3 Å². The van der Waals surface area contributed by atoms with Crippen LogP contribution in [0, 0.1) is 12.3 Å². The predicted molar refractivity (Wildman–Crippen MR) is 72.2 cm³/mol. The van der Waals surface area contributed by atoms with E-state index in [9.17, 15) is 0 Å². The van der Waals surface area contributed by atoms with Crippen molar-refractivity contribution in [1.82, 2.24) is 4.98 Å². The molecule has 3 N–H and O–H groups in total. The number of nitrogens with one attached hydrogen (secondary N) is 1. The van der Waals surface area contributed by atoms with Crippen LogP contribution >= 0.6 is 0 Å². The van der Waals surface area contributed by atoms with Gasteiger partial charge in [0.1, 0.15) is 11.7 Å². The van der Waals surface area contributed by atoms with Crippen molar-refractivity contribution in [3.8, 4) is 0 Å². The highest BCUT2D eigenvalue weighted by Gasteiger charge is 2.30. The van der Waals surface area contributed by atoms with E-state index in [0.717, 1.165) is 24.5 Å². The molecule has 5 nitrogen and oxygen atoms in total. The number of hydrogen-bond donors (Lipinski definition) is 2. The molecule has 1 aliphatic heterocycles. The molecule has 2 heterocycles. The second kappa shape index (κ2) is 4.94. The topological polar surface area (TPSA) is 75.2 Å². The van der Waals surface area contributed by atoms with Crippen LogP contribution in [-0.4, -0.2) is 36.6 Å². The summed E-state index contributed by atoms with van der Waals surface area (Å²) >= 11 is 0. The minimum absolute atomic E-state index is 0.0518. The van der Waals surface area contributed by atoms with Crippen molar-refractivity contribution in [1.29, 1.82) is 5.41 Å². The van der Waals surface area contributed by atoms with Crippen molar-refractivity contribution in [2.45, 2.75) is 32.4 Å². The standard InChI is InChI=1S/C13H20N4O/c1-8-4-5-10(12(14)15)13(16-8)17(3)11-6-7-18-9(11)2/h4-5,9,11H,6-7H2,1-3H3,(H3,14,15). The fourth-order valence-corrected chi connectivity index (χ4v) is 2.41. The Morgan fingerprint density at radius 2 is 2.28 bits per heavy atom. The molecular formula is C13H20N4O. The summed E-state index contributed by atoms with van der Waals surface area (Å²) in [5.41, 5.74) is 7.23. The summed E-state index contributed by atoms with van der Waals surface area (Å²) in [6.07, 6.45) is 1.15. The molecular weight excluding hydrogens is 228 g/mol. The molecule has 5 heteroatoms. The highest BCUT2D eigenvalue weighted by Crippen LogP contribution is 2.25. The number of amidine groups is 1. The largest absolute Gasteiger partial charge is 0.384 e. The van der Waals surface area contributed by atoms with E-state index in [0.29, 0.717) is 5.56 Å². The number of nitrogen functional groups attached to an aromatic ring is 1. The number of anilines is 1. The van der Waals surface area contributed by atoms with Crippen LogP contribution in [0.2, 0.25) is 0 Å². The van der Waals surface area contributed by atoms with Crippen LogP contribution in [0.1, 0.15) is 24.6 Å². The summed E-state index contributed by atoms with van der Waals surface area (Å²) in [5, 5.41) is 7.64. The van der Waals surface area contributed by atoms with E-state index in [4.69, 9.17) is 15.9 Å². The number of nitrogens with two attached hydrogens (primary N) is 1. The monoisotopic (exact) mass is 248 g/mol. The smallest absolute Gasteiger partial charge is 0.139 e. The SMILES string of the molecule is Cc1ccc(C(=N)N)c(N(C)C2CCOC2C)n1. The Kier molecular flexibility index (Phi) is 3.52. The molecule has 1 aromatic rings. The maximum absolute atomic E-state index is 7.64. The molecule has 0 amide bonds. The van der Waals surface area contributed by atoms with Crippen molar-refractivity contribution in [2.75, 3.05) is 18.6 Å². The molecule has 1 fully saturated rings. The predicted octanol–water partition coefficient (Wildman–Crippen LogP) is 1.29. The van der Waals surface area contributed by atoms with Crippen LogP contribution in [0.3, 0.4) is 0 Å². The van der Waals surface area contributed by atoms with E-state index in [1.807, 2.05) is 26.1 Å². The Balaban J connectivity index is 2.36. The third-order valence-corrected chi connectivity index (χ3v) is 3.47. The van der Waals surface area contributed by atoms with Gasteiger partial charge in [0.05, 0.1) is 17.7 Å². The lowest BCUT2D eigenvalue weighted by Gasteiger charge is -2.29. The van der Waals surface area contributed by atoms with E-state index >= 15 is 0 Å². The zero-order valence-corrected chi connectivity index (χ0v) is 11.1. The fourth-order valence-electron chi connectivity index (χ4n) is 2.41. The molecule has 98 valence electrons. The Labute approximate surface area is 107 Å². The number of rotatable bonds is 3. The Morgan fingerprint density at radius 3 is 2.83 bits per heavy atom. The molecule has 2 atom stereocenters. The van der Waals surface area contributed by atoms with Crippen LogP contribution in [0.4, 0.5) is 5.82 Å². The summed E-state index contributed by atoms with van der Waals surface area (Å²) < 4.78 is 5.58. The number of likely N-dealkylation sites (N-methyl/N-ethyl adjacent to an activating group) is 1. The molecule has 1 saturated heterocycles. The van der Waals surface area contributed by atoms with Crippen molar-refractivity contribution in [2.24, 2.45) is 5.73 Å². The minimum Gasteiger partial charge on any atom is -0.384 e. The van der Waals surface area contributed by atoms with Crippen molar-refractivity contribution >= 4 is 11.7 Å². The number of pyridine rings is 1. The van der Waals surface area contributed by atoms with Gasteiger partial charge in [0.25, 0.3) is 0 Å². The lowest BCUT2D eigenvalue weighted by atomic mass is 10.1. The first-order chi connectivity index (χ1) is 8.50. The van der Waals surface area contributed by atoms with E-state index in [1.165, 1.54) is 0 Å². The molecule has 2 unspecified atom stereocenters. The van der Waals surface area contributed by atoms with Crippen LogP contribution in [0.25, 0.3) is 0 Å². The molecule has 0 spiro atoms. The van der Waals surface area contributed by atoms with Gasteiger partial charge in [-0.25, -0.2) is 4.98 Å². The van der Waals surface area contributed by atoms with Crippen molar-refractivity contribution in [3.05, 3.63) is 23.4 Å². The van der Waals surface area contributed by atoms with Gasteiger partial charge >= 0.3 is 0 Å². The molecule has 0 saturated carbocycles. The van der Waals surface area contributed by atoms with Gasteiger partial charge in [-0.15, -0.1) is 0 Å². The number of hydrogen-bond acceptors (Lipinski definition) is 4. The molecule has 0 aliphatic carbocycles. The average Bonchev–Trinajstić information content (AvgIpc) is 2.74. The average molecular weight is 248 g/mol. The zero-order valence-electron chi connectivity index (χ0n) is 11.1. The van der Waals surface area contributed by atoms with E-state index in [1.54, 1.807) is 0 Å². The van der Waals surface area contributed by atoms with Crippen LogP contribution < -0.4 is 10.6 Å². The Morgan fingerprint density at radius 1 is 1.56 bits per heavy atom. The molecule has 0 bridgehead atoms. The van der Waals surface area contributed by atoms with Gasteiger partial charge in [0.2, 0.25) is 0 Å². The quantitative estimate of drug-likeness (QED) is 0.624. The first-order valence-corrected chi connectivity index (χ1v) is 6.17. The van der Waals surface area contributed by atoms with Crippen LogP contribution in [0.15, 0.2) is 12.1 Å². The van der Waals surface area contributed by atoms with Gasteiger partial charge in [-0.1, -0.05) is 0 Å². The molecule has 1 aromatic heterocycles. The lowest BCUT2D eigenvalue weighted by Crippen LogP contribution is -2.38.